The van der Waals surface area contributed by atoms with Crippen LogP contribution in [0.25, 0.3) is 0 Å². The fourth-order valence-electron chi connectivity index (χ4n) is 9.46. The summed E-state index contributed by atoms with van der Waals surface area (Å²) in [5, 5.41) is 25.2. The summed E-state index contributed by atoms with van der Waals surface area (Å²) < 4.78 is 35.6. The van der Waals surface area contributed by atoms with E-state index in [0.717, 1.165) is 22.3 Å². The average Bonchev–Trinajstić information content (AvgIpc) is 3.64. The van der Waals surface area contributed by atoms with Crippen molar-refractivity contribution in [3.8, 4) is 17.6 Å². The first-order chi connectivity index (χ1) is 26.0. The molecule has 284 valence electrons. The van der Waals surface area contributed by atoms with E-state index in [4.69, 9.17) is 28.4 Å². The summed E-state index contributed by atoms with van der Waals surface area (Å²) in [7, 11) is 3.49. The second kappa shape index (κ2) is 14.1. The maximum atomic E-state index is 13.8. The zero-order chi connectivity index (χ0) is 38.0. The topological polar surface area (TPSA) is 169 Å². The number of methoxy groups -OCH3 is 1. The molecule has 4 bridgehead atoms. The van der Waals surface area contributed by atoms with E-state index < -0.39 is 65.5 Å². The lowest BCUT2D eigenvalue weighted by Gasteiger charge is -2.64. The number of piperazine rings is 1. The molecule has 54 heavy (non-hydrogen) atoms. The molecule has 5 saturated heterocycles. The molecule has 2 aromatic carbocycles. The third-order valence-electron chi connectivity index (χ3n) is 11.6. The Bertz CT molecular complexity index is 2000. The number of carbonyl (C=O) groups is 3. The number of alkyl carbamates (subject to hydrolysis) is 1. The van der Waals surface area contributed by atoms with Crippen LogP contribution in [0.4, 0.5) is 4.79 Å². The fraction of sp³-hybridized carbons (Fsp3) is 0.487. The van der Waals surface area contributed by atoms with Crippen molar-refractivity contribution in [2.45, 2.75) is 81.4 Å². The number of aromatic hydroxyl groups is 1. The molecule has 1 aliphatic carbocycles. The van der Waals surface area contributed by atoms with Crippen molar-refractivity contribution in [1.82, 2.24) is 15.1 Å². The number of piperidine rings is 1. The predicted molar refractivity (Wildman–Crippen MR) is 193 cm³/mol. The molecule has 5 unspecified atom stereocenters. The predicted octanol–water partition coefficient (Wildman–Crippen LogP) is 3.61. The van der Waals surface area contributed by atoms with Crippen LogP contribution in [0.3, 0.4) is 0 Å². The van der Waals surface area contributed by atoms with Crippen LogP contribution in [0.1, 0.15) is 42.1 Å². The number of hydrogen-bond acceptors (Lipinski definition) is 14. The number of hydrogen-bond donors (Lipinski definition) is 2. The van der Waals surface area contributed by atoms with Crippen LogP contribution < -0.4 is 10.1 Å². The number of aryl methyl sites for hydroxylation is 1. The van der Waals surface area contributed by atoms with Gasteiger partial charge in [0, 0.05) is 52.6 Å². The number of fused-ring (bicyclic) bond motifs is 10. The van der Waals surface area contributed by atoms with E-state index in [1.54, 1.807) is 0 Å². The van der Waals surface area contributed by atoms with E-state index in [9.17, 15) is 24.8 Å². The molecule has 14 nitrogen and oxygen atoms in total. The Balaban J connectivity index is 1.27. The number of esters is 2. The Kier molecular flexibility index (Phi) is 9.40. The SMILES string of the molecule is COc1c(C)cc2c(c1O)[C@@H]1C3[C@@H]4SCC(NC(=O)OCc5ccccc5)C(=O)OC[C@@H](C5=C6OCOC6=C(C)C(OC(C)=O)C54)N3C(C#N)[C@H](C2)N1C. The Morgan fingerprint density at radius 3 is 2.63 bits per heavy atom. The fourth-order valence-corrected chi connectivity index (χ4v) is 11.1. The number of benzene rings is 2. The number of carbonyl (C=O) groups excluding carboxylic acids is 3. The molecule has 6 aliphatic heterocycles. The molecule has 6 heterocycles. The molecule has 9 atom stereocenters. The third kappa shape index (κ3) is 5.73. The second-order valence-corrected chi connectivity index (χ2v) is 15.7. The first kappa shape index (κ1) is 36.1. The number of phenolic OH excluding ortho intramolecular Hbond substituents is 1. The lowest BCUT2D eigenvalue weighted by Crippen LogP contribution is -2.75. The summed E-state index contributed by atoms with van der Waals surface area (Å²) in [5.41, 5.74) is 4.60. The van der Waals surface area contributed by atoms with Crippen LogP contribution in [-0.4, -0.2) is 108 Å². The summed E-state index contributed by atoms with van der Waals surface area (Å²) in [6, 6.07) is 10.1. The van der Waals surface area contributed by atoms with Crippen molar-refractivity contribution < 1.29 is 47.9 Å². The maximum absolute atomic E-state index is 13.8. The van der Waals surface area contributed by atoms with E-state index in [2.05, 4.69) is 21.2 Å². The zero-order valence-electron chi connectivity index (χ0n) is 30.6. The van der Waals surface area contributed by atoms with Crippen molar-refractivity contribution >= 4 is 29.8 Å². The van der Waals surface area contributed by atoms with Gasteiger partial charge in [0.2, 0.25) is 6.79 Å². The molecule has 15 heteroatoms. The first-order valence-electron chi connectivity index (χ1n) is 18.0. The van der Waals surface area contributed by atoms with Crippen LogP contribution in [0, 0.1) is 24.2 Å². The molecule has 0 saturated carbocycles. The number of ether oxygens (including phenoxy) is 6. The highest BCUT2D eigenvalue weighted by atomic mass is 32.2. The highest BCUT2D eigenvalue weighted by molar-refractivity contribution is 8.00. The van der Waals surface area contributed by atoms with Crippen LogP contribution in [0.5, 0.6) is 11.5 Å². The molecule has 0 radical (unpaired) electrons. The number of likely N-dealkylation sites (N-methyl/N-ethyl adjacent to an activating group) is 1. The van der Waals surface area contributed by atoms with Crippen LogP contribution in [0.2, 0.25) is 0 Å². The number of nitrogens with zero attached hydrogens (tertiary/aromatic N) is 3. The lowest BCUT2D eigenvalue weighted by atomic mass is 9.66. The van der Waals surface area contributed by atoms with Gasteiger partial charge in [0.1, 0.15) is 31.4 Å². The molecular formula is C39H42N4O10S. The molecule has 0 spiro atoms. The van der Waals surface area contributed by atoms with Gasteiger partial charge in [0.25, 0.3) is 0 Å². The second-order valence-electron chi connectivity index (χ2n) is 14.5. The van der Waals surface area contributed by atoms with Gasteiger partial charge in [0.15, 0.2) is 23.0 Å². The van der Waals surface area contributed by atoms with Gasteiger partial charge in [-0.1, -0.05) is 36.4 Å². The van der Waals surface area contributed by atoms with E-state index >= 15 is 0 Å². The van der Waals surface area contributed by atoms with Crippen molar-refractivity contribution in [2.24, 2.45) is 5.92 Å². The molecule has 5 fully saturated rings. The monoisotopic (exact) mass is 758 g/mol. The van der Waals surface area contributed by atoms with Crippen LogP contribution in [0.15, 0.2) is 59.1 Å². The van der Waals surface area contributed by atoms with Gasteiger partial charge in [-0.25, -0.2) is 9.59 Å². The number of rotatable bonds is 5. The normalized spacial score (nSPS) is 31.3. The van der Waals surface area contributed by atoms with E-state index in [1.807, 2.05) is 57.3 Å². The molecule has 2 N–H and O–H groups in total. The van der Waals surface area contributed by atoms with E-state index in [-0.39, 0.29) is 37.6 Å². The Morgan fingerprint density at radius 1 is 1.15 bits per heavy atom. The first-order valence-corrected chi connectivity index (χ1v) is 19.0. The molecule has 7 aliphatic rings. The molecular weight excluding hydrogens is 717 g/mol. The van der Waals surface area contributed by atoms with Crippen molar-refractivity contribution in [3.63, 3.8) is 0 Å². The minimum absolute atomic E-state index is 0.0129. The van der Waals surface area contributed by atoms with Crippen LogP contribution in [-0.2, 0) is 46.3 Å². The summed E-state index contributed by atoms with van der Waals surface area (Å²) in [5.74, 6) is -0.241. The Hall–Kier alpha value is -4.91. The van der Waals surface area contributed by atoms with Gasteiger partial charge in [-0.3, -0.25) is 14.6 Å². The molecule has 0 aromatic heterocycles. The minimum atomic E-state index is -1.09. The zero-order valence-corrected chi connectivity index (χ0v) is 31.4. The van der Waals surface area contributed by atoms with Gasteiger partial charge in [-0.2, -0.15) is 17.0 Å². The highest BCUT2D eigenvalue weighted by Gasteiger charge is 2.64. The van der Waals surface area contributed by atoms with Crippen LogP contribution >= 0.6 is 11.8 Å². The number of thioether (sulfide) groups is 1. The third-order valence-corrected chi connectivity index (χ3v) is 13.1. The summed E-state index contributed by atoms with van der Waals surface area (Å²) in [6.07, 6.45) is -1.08. The van der Waals surface area contributed by atoms with Gasteiger partial charge >= 0.3 is 18.0 Å². The van der Waals surface area contributed by atoms with Gasteiger partial charge in [0.05, 0.1) is 25.3 Å². The van der Waals surface area contributed by atoms with Gasteiger partial charge < -0.3 is 38.8 Å². The minimum Gasteiger partial charge on any atom is -0.504 e. The Morgan fingerprint density at radius 2 is 1.91 bits per heavy atom. The smallest absolute Gasteiger partial charge is 0.408 e. The number of phenols is 1. The standard InChI is InChI=1S/C39H42N4O10S/c1-18-11-22-12-24-25(13-40)43-26-15-49-38(46)23(41-39(47)50-14-21-9-7-6-8-10-21)16-54-37(31(43)30(42(24)4)27(22)32(45)33(18)48-5)29-28(26)36-35(51-17-52-36)19(2)34(29)53-20(3)44/h6-11,23-26,29-31,34,37,45H,12,14-17H2,1-5H3,(H,41,47)/t23?,24-,25?,26-,29?,30+,31?,34?,37+/m0/s1. The molecule has 9 rings (SSSR count). The number of nitriles is 1. The van der Waals surface area contributed by atoms with Crippen molar-refractivity contribution in [1.29, 1.82) is 5.26 Å². The quantitative estimate of drug-likeness (QED) is 0.335. The largest absolute Gasteiger partial charge is 0.504 e. The summed E-state index contributed by atoms with van der Waals surface area (Å²) in [6.45, 7) is 4.87. The summed E-state index contributed by atoms with van der Waals surface area (Å²) >= 11 is 1.41. The van der Waals surface area contributed by atoms with Gasteiger partial charge in [-0.05, 0) is 44.0 Å². The highest BCUT2D eigenvalue weighted by Crippen LogP contribution is 2.59. The molecule has 1 amide bonds. The van der Waals surface area contributed by atoms with Gasteiger partial charge in [-0.15, -0.1) is 0 Å². The van der Waals surface area contributed by atoms with E-state index in [1.165, 1.54) is 25.8 Å². The lowest BCUT2D eigenvalue weighted by molar-refractivity contribution is -0.154. The number of nitrogens with one attached hydrogen (secondary N) is 1. The molecule has 2 aromatic rings. The number of amides is 1. The van der Waals surface area contributed by atoms with Crippen molar-refractivity contribution in [2.75, 3.05) is 33.3 Å². The Labute approximate surface area is 316 Å². The summed E-state index contributed by atoms with van der Waals surface area (Å²) in [4.78, 5) is 44.1. The maximum Gasteiger partial charge on any atom is 0.408 e. The van der Waals surface area contributed by atoms with E-state index in [0.29, 0.717) is 34.8 Å². The average molecular weight is 759 g/mol. The van der Waals surface area contributed by atoms with Crippen molar-refractivity contribution in [3.05, 3.63) is 81.3 Å².